The highest BCUT2D eigenvalue weighted by Gasteiger charge is 2.16. The van der Waals surface area contributed by atoms with E-state index in [0.29, 0.717) is 6.10 Å². The van der Waals surface area contributed by atoms with Crippen LogP contribution in [-0.2, 0) is 11.3 Å². The number of hydrogen-bond donors (Lipinski definition) is 0. The van der Waals surface area contributed by atoms with Crippen LogP contribution < -0.4 is 0 Å². The molecule has 0 bridgehead atoms. The van der Waals surface area contributed by atoms with Gasteiger partial charge in [0.2, 0.25) is 0 Å². The Hall–Kier alpha value is -1.16. The van der Waals surface area contributed by atoms with Crippen molar-refractivity contribution in [2.45, 2.75) is 31.9 Å². The van der Waals surface area contributed by atoms with E-state index in [2.05, 4.69) is 24.1 Å². The highest BCUT2D eigenvalue weighted by molar-refractivity contribution is 6.31. The number of benzene rings is 1. The zero-order chi connectivity index (χ0) is 14.7. The SMILES string of the molecule is CN(Cc1ccc2cc(Cl)ccc2n1)C[C@H]1CCCCO1. The van der Waals surface area contributed by atoms with E-state index in [0.717, 1.165) is 41.3 Å². The summed E-state index contributed by atoms with van der Waals surface area (Å²) in [5, 5.41) is 1.84. The number of pyridine rings is 1. The molecule has 0 saturated carbocycles. The summed E-state index contributed by atoms with van der Waals surface area (Å²) in [5.41, 5.74) is 2.09. The van der Waals surface area contributed by atoms with Crippen LogP contribution in [0.15, 0.2) is 30.3 Å². The van der Waals surface area contributed by atoms with Crippen molar-refractivity contribution < 1.29 is 4.74 Å². The molecule has 3 nitrogen and oxygen atoms in total. The van der Waals surface area contributed by atoms with E-state index in [-0.39, 0.29) is 0 Å². The van der Waals surface area contributed by atoms with Gasteiger partial charge in [0.15, 0.2) is 0 Å². The van der Waals surface area contributed by atoms with Gasteiger partial charge in [0.1, 0.15) is 0 Å². The molecule has 4 heteroatoms. The van der Waals surface area contributed by atoms with Crippen molar-refractivity contribution >= 4 is 22.5 Å². The predicted octanol–water partition coefficient (Wildman–Crippen LogP) is 3.89. The molecule has 1 aromatic carbocycles. The van der Waals surface area contributed by atoms with Gasteiger partial charge in [-0.1, -0.05) is 17.7 Å². The average molecular weight is 305 g/mol. The van der Waals surface area contributed by atoms with Crippen LogP contribution in [0.4, 0.5) is 0 Å². The van der Waals surface area contributed by atoms with Crippen molar-refractivity contribution in [1.29, 1.82) is 0 Å². The van der Waals surface area contributed by atoms with E-state index >= 15 is 0 Å². The van der Waals surface area contributed by atoms with Gasteiger partial charge in [-0.25, -0.2) is 0 Å². The Morgan fingerprint density at radius 3 is 3.00 bits per heavy atom. The van der Waals surface area contributed by atoms with Crippen molar-refractivity contribution in [3.8, 4) is 0 Å². The maximum absolute atomic E-state index is 6.00. The fourth-order valence-corrected chi connectivity index (χ4v) is 3.05. The largest absolute Gasteiger partial charge is 0.377 e. The van der Waals surface area contributed by atoms with E-state index in [1.54, 1.807) is 0 Å². The van der Waals surface area contributed by atoms with Gasteiger partial charge in [-0.05, 0) is 50.6 Å². The van der Waals surface area contributed by atoms with Crippen molar-refractivity contribution in [3.63, 3.8) is 0 Å². The number of aromatic nitrogens is 1. The fraction of sp³-hybridized carbons (Fsp3) is 0.471. The van der Waals surface area contributed by atoms with Crippen LogP contribution in [0.3, 0.4) is 0 Å². The van der Waals surface area contributed by atoms with Gasteiger partial charge in [-0.15, -0.1) is 0 Å². The molecule has 1 fully saturated rings. The Morgan fingerprint density at radius 1 is 1.29 bits per heavy atom. The minimum atomic E-state index is 0.378. The first-order valence-corrected chi connectivity index (χ1v) is 7.94. The molecule has 0 N–H and O–H groups in total. The first-order chi connectivity index (χ1) is 10.2. The number of likely N-dealkylation sites (N-methyl/N-ethyl adjacent to an activating group) is 1. The van der Waals surface area contributed by atoms with Crippen LogP contribution in [0.25, 0.3) is 10.9 Å². The van der Waals surface area contributed by atoms with Gasteiger partial charge >= 0.3 is 0 Å². The maximum atomic E-state index is 6.00. The molecular formula is C17H21ClN2O. The minimum Gasteiger partial charge on any atom is -0.377 e. The summed E-state index contributed by atoms with van der Waals surface area (Å²) in [6, 6.07) is 9.99. The third kappa shape index (κ3) is 3.94. The Balaban J connectivity index is 1.65. The lowest BCUT2D eigenvalue weighted by molar-refractivity contribution is -0.00273. The van der Waals surface area contributed by atoms with Crippen LogP contribution in [-0.4, -0.2) is 36.2 Å². The van der Waals surface area contributed by atoms with Crippen LogP contribution in [0.1, 0.15) is 25.0 Å². The summed E-state index contributed by atoms with van der Waals surface area (Å²) in [5.74, 6) is 0. The van der Waals surface area contributed by atoms with Crippen LogP contribution in [0.5, 0.6) is 0 Å². The van der Waals surface area contributed by atoms with Crippen molar-refractivity contribution in [2.24, 2.45) is 0 Å². The number of halogens is 1. The summed E-state index contributed by atoms with van der Waals surface area (Å²) in [4.78, 5) is 7.00. The molecule has 2 heterocycles. The molecule has 1 saturated heterocycles. The summed E-state index contributed by atoms with van der Waals surface area (Å²) < 4.78 is 5.79. The standard InChI is InChI=1S/C17H21ClN2O/c1-20(12-16-4-2-3-9-21-16)11-15-7-5-13-10-14(18)6-8-17(13)19-15/h5-8,10,16H,2-4,9,11-12H2,1H3/t16-/m1/s1. The first kappa shape index (κ1) is 14.8. The predicted molar refractivity (Wildman–Crippen MR) is 86.7 cm³/mol. The first-order valence-electron chi connectivity index (χ1n) is 7.56. The number of fused-ring (bicyclic) bond motifs is 1. The number of hydrogen-bond acceptors (Lipinski definition) is 3. The highest BCUT2D eigenvalue weighted by atomic mass is 35.5. The molecule has 1 aliphatic heterocycles. The Morgan fingerprint density at radius 2 is 2.19 bits per heavy atom. The number of rotatable bonds is 4. The van der Waals surface area contributed by atoms with Gasteiger partial charge in [-0.2, -0.15) is 0 Å². The number of ether oxygens (including phenoxy) is 1. The molecule has 0 radical (unpaired) electrons. The Kier molecular flexibility index (Phi) is 4.73. The molecule has 112 valence electrons. The van der Waals surface area contributed by atoms with Crippen LogP contribution >= 0.6 is 11.6 Å². The summed E-state index contributed by atoms with van der Waals surface area (Å²) in [7, 11) is 2.13. The second kappa shape index (κ2) is 6.73. The normalized spacial score (nSPS) is 19.3. The molecule has 0 aliphatic carbocycles. The third-order valence-electron chi connectivity index (χ3n) is 3.93. The molecule has 2 aromatic rings. The topological polar surface area (TPSA) is 25.4 Å². The molecule has 3 rings (SSSR count). The molecule has 0 spiro atoms. The minimum absolute atomic E-state index is 0.378. The van der Waals surface area contributed by atoms with Gasteiger partial charge in [0.05, 0.1) is 17.3 Å². The van der Waals surface area contributed by atoms with Crippen LogP contribution in [0, 0.1) is 0 Å². The highest BCUT2D eigenvalue weighted by Crippen LogP contribution is 2.19. The summed E-state index contributed by atoms with van der Waals surface area (Å²) >= 11 is 6.00. The fourth-order valence-electron chi connectivity index (χ4n) is 2.87. The third-order valence-corrected chi connectivity index (χ3v) is 4.17. The second-order valence-electron chi connectivity index (χ2n) is 5.82. The number of nitrogens with zero attached hydrogens (tertiary/aromatic N) is 2. The van der Waals surface area contributed by atoms with Crippen molar-refractivity contribution in [3.05, 3.63) is 41.0 Å². The van der Waals surface area contributed by atoms with E-state index in [1.165, 1.54) is 19.3 Å². The van der Waals surface area contributed by atoms with E-state index in [9.17, 15) is 0 Å². The zero-order valence-corrected chi connectivity index (χ0v) is 13.1. The second-order valence-corrected chi connectivity index (χ2v) is 6.26. The lowest BCUT2D eigenvalue weighted by atomic mass is 10.1. The quantitative estimate of drug-likeness (QED) is 0.857. The lowest BCUT2D eigenvalue weighted by Gasteiger charge is -2.27. The molecular weight excluding hydrogens is 284 g/mol. The monoisotopic (exact) mass is 304 g/mol. The smallest absolute Gasteiger partial charge is 0.0706 e. The van der Waals surface area contributed by atoms with Gasteiger partial charge < -0.3 is 4.74 Å². The molecule has 1 atom stereocenters. The van der Waals surface area contributed by atoms with E-state index < -0.39 is 0 Å². The lowest BCUT2D eigenvalue weighted by Crippen LogP contribution is -2.33. The molecule has 0 unspecified atom stereocenters. The zero-order valence-electron chi connectivity index (χ0n) is 12.4. The molecule has 1 aliphatic rings. The van der Waals surface area contributed by atoms with E-state index in [4.69, 9.17) is 21.3 Å². The van der Waals surface area contributed by atoms with Crippen molar-refractivity contribution in [1.82, 2.24) is 9.88 Å². The van der Waals surface area contributed by atoms with E-state index in [1.807, 2.05) is 18.2 Å². The Labute approximate surface area is 130 Å². The van der Waals surface area contributed by atoms with Crippen molar-refractivity contribution in [2.75, 3.05) is 20.2 Å². The molecule has 0 amide bonds. The maximum Gasteiger partial charge on any atom is 0.0706 e. The summed E-state index contributed by atoms with van der Waals surface area (Å²) in [6.07, 6.45) is 4.04. The molecule has 21 heavy (non-hydrogen) atoms. The Bertz CT molecular complexity index is 611. The van der Waals surface area contributed by atoms with Gasteiger partial charge in [-0.3, -0.25) is 9.88 Å². The average Bonchev–Trinajstić information content (AvgIpc) is 2.48. The van der Waals surface area contributed by atoms with Gasteiger partial charge in [0, 0.05) is 30.1 Å². The van der Waals surface area contributed by atoms with Crippen LogP contribution in [0.2, 0.25) is 5.02 Å². The van der Waals surface area contributed by atoms with Gasteiger partial charge in [0.25, 0.3) is 0 Å². The summed E-state index contributed by atoms with van der Waals surface area (Å²) in [6.45, 7) is 2.73. The molecule has 1 aromatic heterocycles.